The zero-order chi connectivity index (χ0) is 15.6. The topological polar surface area (TPSA) is 121 Å². The number of aliphatic carboxylic acids is 1. The average Bonchev–Trinajstić information content (AvgIpc) is 2.93. The van der Waals surface area contributed by atoms with Crippen molar-refractivity contribution in [3.8, 4) is 0 Å². The molecule has 2 heterocycles. The molecule has 10 heteroatoms. The summed E-state index contributed by atoms with van der Waals surface area (Å²) < 4.78 is 27.6. The van der Waals surface area contributed by atoms with Crippen molar-refractivity contribution in [3.05, 3.63) is 0 Å². The third-order valence-corrected chi connectivity index (χ3v) is 5.21. The first-order chi connectivity index (χ1) is 9.78. The van der Waals surface area contributed by atoms with E-state index in [4.69, 9.17) is 5.11 Å². The van der Waals surface area contributed by atoms with E-state index in [1.807, 2.05) is 0 Å². The van der Waals surface area contributed by atoms with Crippen LogP contribution < -0.4 is 0 Å². The van der Waals surface area contributed by atoms with Crippen molar-refractivity contribution in [2.75, 3.05) is 37.7 Å². The normalized spacial score (nSPS) is 24.3. The van der Waals surface area contributed by atoms with Gasteiger partial charge in [-0.1, -0.05) is 0 Å². The van der Waals surface area contributed by atoms with Crippen molar-refractivity contribution in [2.45, 2.75) is 12.5 Å². The van der Waals surface area contributed by atoms with Gasteiger partial charge in [-0.2, -0.15) is 0 Å². The van der Waals surface area contributed by atoms with Crippen LogP contribution in [0.5, 0.6) is 0 Å². The molecule has 1 N–H and O–H groups in total. The second-order valence-electron chi connectivity index (χ2n) is 5.02. The van der Waals surface area contributed by atoms with Gasteiger partial charge in [0.05, 0.1) is 31.1 Å². The number of amides is 2. The Morgan fingerprint density at radius 2 is 2.10 bits per heavy atom. The molecular weight excluding hydrogens is 304 g/mol. The van der Waals surface area contributed by atoms with Gasteiger partial charge in [-0.15, -0.1) is 0 Å². The summed E-state index contributed by atoms with van der Waals surface area (Å²) in [5.74, 6) is -1.93. The van der Waals surface area contributed by atoms with Crippen LogP contribution in [0, 0.1) is 0 Å². The number of hydrogen-bond acceptors (Lipinski definition) is 7. The van der Waals surface area contributed by atoms with Crippen LogP contribution in [-0.4, -0.2) is 85.1 Å². The third-order valence-electron chi connectivity index (χ3n) is 3.46. The molecule has 1 atom stereocenters. The van der Waals surface area contributed by atoms with Gasteiger partial charge in [-0.25, -0.2) is 18.1 Å². The summed E-state index contributed by atoms with van der Waals surface area (Å²) >= 11 is 0. The molecule has 0 aliphatic carbocycles. The van der Waals surface area contributed by atoms with Gasteiger partial charge in [-0.05, 0) is 6.42 Å². The van der Waals surface area contributed by atoms with Crippen molar-refractivity contribution in [1.29, 1.82) is 0 Å². The summed E-state index contributed by atoms with van der Waals surface area (Å²) in [6.07, 6.45) is -0.470. The Balaban J connectivity index is 2.04. The molecule has 2 aliphatic heterocycles. The number of rotatable bonds is 5. The summed E-state index contributed by atoms with van der Waals surface area (Å²) in [5, 5.41) is 8.90. The van der Waals surface area contributed by atoms with E-state index in [1.54, 1.807) is 0 Å². The summed E-state index contributed by atoms with van der Waals surface area (Å²) in [5.41, 5.74) is 0. The zero-order valence-electron chi connectivity index (χ0n) is 11.2. The van der Waals surface area contributed by atoms with E-state index < -0.39 is 40.4 Å². The minimum absolute atomic E-state index is 0.0201. The first-order valence-corrected chi connectivity index (χ1v) is 8.24. The average molecular weight is 320 g/mol. The number of nitrogens with zero attached hydrogens (tertiary/aromatic N) is 2. The van der Waals surface area contributed by atoms with E-state index in [1.165, 1.54) is 4.90 Å². The highest BCUT2D eigenvalue weighted by atomic mass is 32.2. The second kappa shape index (κ2) is 5.98. The maximum absolute atomic E-state index is 12.0. The molecule has 0 radical (unpaired) electrons. The third kappa shape index (κ3) is 3.91. The number of imide groups is 1. The van der Waals surface area contributed by atoms with Crippen LogP contribution in [0.4, 0.5) is 4.79 Å². The van der Waals surface area contributed by atoms with Crippen LogP contribution in [0.25, 0.3) is 0 Å². The van der Waals surface area contributed by atoms with Crippen LogP contribution in [-0.2, 0) is 24.2 Å². The van der Waals surface area contributed by atoms with E-state index in [-0.39, 0.29) is 37.6 Å². The molecule has 0 bridgehead atoms. The maximum Gasteiger partial charge on any atom is 0.416 e. The lowest BCUT2D eigenvalue weighted by Crippen LogP contribution is -2.47. The number of hydrogen-bond donors (Lipinski definition) is 1. The van der Waals surface area contributed by atoms with Gasteiger partial charge in [0, 0.05) is 6.04 Å². The van der Waals surface area contributed by atoms with Crippen molar-refractivity contribution >= 4 is 27.8 Å². The quantitative estimate of drug-likeness (QED) is 0.652. The molecule has 2 amide bonds. The van der Waals surface area contributed by atoms with E-state index in [0.717, 1.165) is 4.90 Å². The molecule has 0 spiro atoms. The van der Waals surface area contributed by atoms with Crippen molar-refractivity contribution < 1.29 is 32.6 Å². The Morgan fingerprint density at radius 3 is 2.57 bits per heavy atom. The van der Waals surface area contributed by atoms with E-state index in [2.05, 4.69) is 4.74 Å². The molecule has 2 fully saturated rings. The SMILES string of the molecule is O=C(O)CN(CC(=O)N1CCOC1=O)C1CCS(=O)(=O)C1. The second-order valence-corrected chi connectivity index (χ2v) is 7.24. The molecule has 0 aromatic carbocycles. The van der Waals surface area contributed by atoms with Gasteiger partial charge in [0.25, 0.3) is 0 Å². The van der Waals surface area contributed by atoms with Gasteiger partial charge in [0.2, 0.25) is 5.91 Å². The number of carboxylic acid groups (broad SMARTS) is 1. The summed E-state index contributed by atoms with van der Waals surface area (Å²) in [7, 11) is -3.19. The van der Waals surface area contributed by atoms with Crippen molar-refractivity contribution in [1.82, 2.24) is 9.80 Å². The number of ether oxygens (including phenoxy) is 1. The van der Waals surface area contributed by atoms with Crippen molar-refractivity contribution in [2.24, 2.45) is 0 Å². The van der Waals surface area contributed by atoms with E-state index in [9.17, 15) is 22.8 Å². The summed E-state index contributed by atoms with van der Waals surface area (Å²) in [4.78, 5) is 36.4. The first-order valence-electron chi connectivity index (χ1n) is 6.42. The van der Waals surface area contributed by atoms with Crippen LogP contribution in [0.1, 0.15) is 6.42 Å². The number of carbonyl (C=O) groups is 3. The monoisotopic (exact) mass is 320 g/mol. The predicted octanol–water partition coefficient (Wildman–Crippen LogP) is -1.46. The number of carbonyl (C=O) groups excluding carboxylic acids is 2. The molecule has 2 aliphatic rings. The smallest absolute Gasteiger partial charge is 0.416 e. The van der Waals surface area contributed by atoms with Gasteiger partial charge in [0.15, 0.2) is 9.84 Å². The zero-order valence-corrected chi connectivity index (χ0v) is 12.0. The molecule has 2 saturated heterocycles. The van der Waals surface area contributed by atoms with Gasteiger partial charge >= 0.3 is 12.1 Å². The minimum atomic E-state index is -3.19. The fourth-order valence-corrected chi connectivity index (χ4v) is 4.19. The number of carboxylic acids is 1. The predicted molar refractivity (Wildman–Crippen MR) is 69.3 cm³/mol. The summed E-state index contributed by atoms with van der Waals surface area (Å²) in [6, 6.07) is -0.520. The Hall–Kier alpha value is -1.68. The van der Waals surface area contributed by atoms with Gasteiger partial charge < -0.3 is 9.84 Å². The highest BCUT2D eigenvalue weighted by Gasteiger charge is 2.36. The molecule has 0 aromatic rings. The lowest BCUT2D eigenvalue weighted by atomic mass is 10.2. The molecule has 21 heavy (non-hydrogen) atoms. The number of sulfone groups is 1. The van der Waals surface area contributed by atoms with Crippen LogP contribution in [0.2, 0.25) is 0 Å². The van der Waals surface area contributed by atoms with E-state index >= 15 is 0 Å². The Morgan fingerprint density at radius 1 is 1.38 bits per heavy atom. The summed E-state index contributed by atoms with van der Waals surface area (Å²) in [6.45, 7) is -0.529. The minimum Gasteiger partial charge on any atom is -0.480 e. The van der Waals surface area contributed by atoms with Gasteiger partial charge in [0.1, 0.15) is 6.61 Å². The van der Waals surface area contributed by atoms with Crippen LogP contribution in [0.15, 0.2) is 0 Å². The van der Waals surface area contributed by atoms with Crippen LogP contribution in [0.3, 0.4) is 0 Å². The van der Waals surface area contributed by atoms with Crippen molar-refractivity contribution in [3.63, 3.8) is 0 Å². The molecule has 9 nitrogen and oxygen atoms in total. The fourth-order valence-electron chi connectivity index (χ4n) is 2.43. The molecule has 1 unspecified atom stereocenters. The van der Waals surface area contributed by atoms with Crippen LogP contribution >= 0.6 is 0 Å². The largest absolute Gasteiger partial charge is 0.480 e. The van der Waals surface area contributed by atoms with Gasteiger partial charge in [-0.3, -0.25) is 14.5 Å². The molecule has 0 saturated carbocycles. The Kier molecular flexibility index (Phi) is 4.47. The first kappa shape index (κ1) is 15.7. The number of cyclic esters (lactones) is 1. The maximum atomic E-state index is 12.0. The molecule has 118 valence electrons. The lowest BCUT2D eigenvalue weighted by molar-refractivity contribution is -0.139. The molecule has 2 rings (SSSR count). The van der Waals surface area contributed by atoms with E-state index in [0.29, 0.717) is 0 Å². The Bertz CT molecular complexity index is 559. The highest BCUT2D eigenvalue weighted by molar-refractivity contribution is 7.91. The molecule has 0 aromatic heterocycles. The fraction of sp³-hybridized carbons (Fsp3) is 0.727. The Labute approximate surface area is 121 Å². The highest BCUT2D eigenvalue weighted by Crippen LogP contribution is 2.18. The lowest BCUT2D eigenvalue weighted by Gasteiger charge is -2.26. The molecular formula is C11H16N2O7S. The standard InChI is InChI=1S/C11H16N2O7S/c14-9(13-2-3-20-11(13)17)5-12(6-10(15)16)8-1-4-21(18,19)7-8/h8H,1-7H2,(H,15,16).